The first-order valence-corrected chi connectivity index (χ1v) is 26.7. The van der Waals surface area contributed by atoms with Crippen LogP contribution in [0.1, 0.15) is 135 Å². The summed E-state index contributed by atoms with van der Waals surface area (Å²) in [6.07, 6.45) is 2.29. The van der Waals surface area contributed by atoms with Crippen molar-refractivity contribution in [1.82, 2.24) is 0 Å². The quantitative estimate of drug-likeness (QED) is 0.165. The van der Waals surface area contributed by atoms with E-state index in [0.717, 1.165) is 41.5 Å². The molecule has 0 radical (unpaired) electrons. The number of rotatable bonds is 3. The average molecular weight is 955 g/mol. The van der Waals surface area contributed by atoms with Crippen LogP contribution in [0.3, 0.4) is 0 Å². The summed E-state index contributed by atoms with van der Waals surface area (Å²) in [7, 11) is 0. The molecule has 73 heavy (non-hydrogen) atoms. The fourth-order valence-corrected chi connectivity index (χ4v) is 13.3. The standard InChI is InChI=1S/C68H67BN2O2/c1-40-33-49-50(67(10,11)32-31-66(49,8)9)37-54(40)70-55-39-60-59(72-57-25-19-20-26-58(57)73-60)38-51(55)69-63-47(35-43(36-56(63)70)65(5,6)7)61-53(30-28-45-44-23-17-18-24-48(44)68(12,13)62(45)61)71(69)52-29-27-42(64(2,3)4)34-46(52)41-21-15-14-16-22-41/h14-30,33-39H,31-32H2,1-13H3. The van der Waals surface area contributed by atoms with E-state index in [2.05, 4.69) is 221 Å². The van der Waals surface area contributed by atoms with Crippen LogP contribution in [0.25, 0.3) is 33.4 Å². The summed E-state index contributed by atoms with van der Waals surface area (Å²) < 4.78 is 13.9. The van der Waals surface area contributed by atoms with E-state index in [1.807, 2.05) is 24.3 Å². The maximum Gasteiger partial charge on any atom is 0.333 e. The predicted octanol–water partition coefficient (Wildman–Crippen LogP) is 17.5. The molecular formula is C68H67BN2O2. The molecule has 5 heteroatoms. The second-order valence-electron chi connectivity index (χ2n) is 25.7. The Labute approximate surface area is 434 Å². The van der Waals surface area contributed by atoms with Gasteiger partial charge in [-0.05, 0) is 162 Å². The predicted molar refractivity (Wildman–Crippen MR) is 307 cm³/mol. The zero-order chi connectivity index (χ0) is 50.9. The third-order valence-corrected chi connectivity index (χ3v) is 17.6. The summed E-state index contributed by atoms with van der Waals surface area (Å²) in [6.45, 7) is 30.9. The number of ether oxygens (including phenoxy) is 2. The van der Waals surface area contributed by atoms with Crippen LogP contribution in [0, 0.1) is 6.92 Å². The molecule has 5 aliphatic rings. The van der Waals surface area contributed by atoms with E-state index in [-0.39, 0.29) is 33.9 Å². The maximum absolute atomic E-state index is 6.94. The molecule has 0 amide bonds. The number of hydrogen-bond acceptors (Lipinski definition) is 4. The average Bonchev–Trinajstić information content (AvgIpc) is 3.59. The number of benzene rings is 8. The van der Waals surface area contributed by atoms with Crippen LogP contribution in [-0.2, 0) is 27.1 Å². The molecule has 0 unspecified atom stereocenters. The highest BCUT2D eigenvalue weighted by molar-refractivity contribution is 6.93. The van der Waals surface area contributed by atoms with Gasteiger partial charge in [-0.3, -0.25) is 0 Å². The monoisotopic (exact) mass is 955 g/mol. The number of aryl methyl sites for hydroxylation is 1. The third-order valence-electron chi connectivity index (χ3n) is 17.6. The van der Waals surface area contributed by atoms with Gasteiger partial charge < -0.3 is 19.2 Å². The highest BCUT2D eigenvalue weighted by Gasteiger charge is 2.51. The van der Waals surface area contributed by atoms with Crippen LogP contribution in [-0.4, -0.2) is 6.85 Å². The molecular weight excluding hydrogens is 888 g/mol. The van der Waals surface area contributed by atoms with Crippen LogP contribution in [0.4, 0.5) is 28.4 Å². The molecule has 0 N–H and O–H groups in total. The number of fused-ring (bicyclic) bond motifs is 11. The van der Waals surface area contributed by atoms with Gasteiger partial charge in [-0.1, -0.05) is 174 Å². The summed E-state index contributed by atoms with van der Waals surface area (Å²) >= 11 is 0. The largest absolute Gasteiger partial charge is 0.450 e. The van der Waals surface area contributed by atoms with Gasteiger partial charge in [-0.15, -0.1) is 0 Å². The summed E-state index contributed by atoms with van der Waals surface area (Å²) in [5.41, 5.74) is 25.1. The summed E-state index contributed by atoms with van der Waals surface area (Å²) in [6, 6.07) is 55.2. The Kier molecular flexibility index (Phi) is 9.61. The molecule has 13 rings (SSSR count). The Morgan fingerprint density at radius 2 is 1.07 bits per heavy atom. The topological polar surface area (TPSA) is 24.9 Å². The van der Waals surface area contributed by atoms with Crippen molar-refractivity contribution >= 4 is 46.2 Å². The van der Waals surface area contributed by atoms with Crippen molar-refractivity contribution in [1.29, 1.82) is 0 Å². The zero-order valence-electron chi connectivity index (χ0n) is 45.1. The first-order valence-electron chi connectivity index (χ1n) is 26.7. The van der Waals surface area contributed by atoms with E-state index in [1.54, 1.807) is 0 Å². The lowest BCUT2D eigenvalue weighted by atomic mass is 9.42. The van der Waals surface area contributed by atoms with Crippen molar-refractivity contribution < 1.29 is 9.47 Å². The van der Waals surface area contributed by atoms with E-state index in [0.29, 0.717) is 0 Å². The number of anilines is 5. The molecule has 0 bridgehead atoms. The minimum absolute atomic E-state index is 0.00158. The molecule has 364 valence electrons. The molecule has 0 aromatic heterocycles. The summed E-state index contributed by atoms with van der Waals surface area (Å²) in [5.74, 6) is 2.89. The van der Waals surface area contributed by atoms with Gasteiger partial charge in [0, 0.05) is 51.0 Å². The maximum atomic E-state index is 6.94. The normalized spacial score (nSPS) is 16.9. The van der Waals surface area contributed by atoms with E-state index < -0.39 is 0 Å². The Morgan fingerprint density at radius 1 is 0.466 bits per heavy atom. The highest BCUT2D eigenvalue weighted by Crippen LogP contribution is 2.60. The lowest BCUT2D eigenvalue weighted by Gasteiger charge is -2.48. The van der Waals surface area contributed by atoms with Gasteiger partial charge in [0.1, 0.15) is 0 Å². The molecule has 2 aliphatic carbocycles. The second-order valence-corrected chi connectivity index (χ2v) is 25.7. The third kappa shape index (κ3) is 6.72. The van der Waals surface area contributed by atoms with Gasteiger partial charge in [0.05, 0.1) is 0 Å². The molecule has 0 saturated carbocycles. The van der Waals surface area contributed by atoms with E-state index in [4.69, 9.17) is 9.47 Å². The molecule has 3 heterocycles. The van der Waals surface area contributed by atoms with Gasteiger partial charge in [0.25, 0.3) is 0 Å². The molecule has 3 aliphatic heterocycles. The molecule has 8 aromatic carbocycles. The molecule has 0 atom stereocenters. The van der Waals surface area contributed by atoms with Crippen molar-refractivity contribution in [2.75, 3.05) is 9.71 Å². The lowest BCUT2D eigenvalue weighted by molar-refractivity contribution is 0.332. The summed E-state index contributed by atoms with van der Waals surface area (Å²) in [5, 5.41) is 0. The fraction of sp³-hybridized carbons (Fsp3) is 0.294. The SMILES string of the molecule is Cc1cc2c(cc1N1c3cc4c(cc3B3c5c(cc(C(C)(C)C)cc51)-c1c(ccc5c1C(C)(C)c1ccccc1-5)N3c1ccc(C(C)(C)C)cc1-c1ccccc1)Oc1ccccc1O4)C(C)(C)CCC2(C)C. The Bertz CT molecular complexity index is 3660. The fourth-order valence-electron chi connectivity index (χ4n) is 13.3. The van der Waals surface area contributed by atoms with Crippen LogP contribution in [0.2, 0.25) is 0 Å². The lowest BCUT2D eigenvalue weighted by Crippen LogP contribution is -2.62. The van der Waals surface area contributed by atoms with Gasteiger partial charge in [0.15, 0.2) is 23.0 Å². The number of hydrogen-bond donors (Lipinski definition) is 0. The Hall–Kier alpha value is -6.98. The Morgan fingerprint density at radius 3 is 1.75 bits per heavy atom. The van der Waals surface area contributed by atoms with E-state index in [1.165, 1.54) is 106 Å². The minimum Gasteiger partial charge on any atom is -0.450 e. The van der Waals surface area contributed by atoms with Crippen LogP contribution in [0.5, 0.6) is 23.0 Å². The van der Waals surface area contributed by atoms with Crippen LogP contribution < -0.4 is 30.1 Å². The van der Waals surface area contributed by atoms with Gasteiger partial charge in [0.2, 0.25) is 0 Å². The number of para-hydroxylation sites is 2. The van der Waals surface area contributed by atoms with Crippen molar-refractivity contribution in [3.63, 3.8) is 0 Å². The molecule has 0 spiro atoms. The first kappa shape index (κ1) is 45.9. The molecule has 8 aromatic rings. The van der Waals surface area contributed by atoms with Crippen LogP contribution >= 0.6 is 0 Å². The van der Waals surface area contributed by atoms with Crippen molar-refractivity contribution in [3.8, 4) is 56.4 Å². The first-order chi connectivity index (χ1) is 34.6. The van der Waals surface area contributed by atoms with Gasteiger partial charge >= 0.3 is 6.85 Å². The van der Waals surface area contributed by atoms with E-state index in [9.17, 15) is 0 Å². The van der Waals surface area contributed by atoms with Crippen molar-refractivity contribution in [3.05, 3.63) is 185 Å². The minimum atomic E-state index is -0.282. The number of nitrogens with zero attached hydrogens (tertiary/aromatic N) is 2. The smallest absolute Gasteiger partial charge is 0.333 e. The van der Waals surface area contributed by atoms with Gasteiger partial charge in [-0.2, -0.15) is 0 Å². The molecule has 0 saturated heterocycles. The second kappa shape index (κ2) is 15.3. The Balaban J connectivity index is 1.20. The van der Waals surface area contributed by atoms with Crippen molar-refractivity contribution in [2.45, 2.75) is 130 Å². The molecule has 4 nitrogen and oxygen atoms in total. The molecule has 0 fully saturated rings. The van der Waals surface area contributed by atoms with Crippen molar-refractivity contribution in [2.24, 2.45) is 0 Å². The summed E-state index contributed by atoms with van der Waals surface area (Å²) in [4.78, 5) is 5.35. The highest BCUT2D eigenvalue weighted by atomic mass is 16.6. The van der Waals surface area contributed by atoms with Gasteiger partial charge in [-0.25, -0.2) is 0 Å². The van der Waals surface area contributed by atoms with Crippen LogP contribution in [0.15, 0.2) is 146 Å². The van der Waals surface area contributed by atoms with E-state index >= 15 is 0 Å². The zero-order valence-corrected chi connectivity index (χ0v) is 45.1.